The lowest BCUT2D eigenvalue weighted by Crippen LogP contribution is -2.47. The molecular weight excluding hydrogens is 513 g/mol. The fourth-order valence-electron chi connectivity index (χ4n) is 4.84. The maximum absolute atomic E-state index is 15.1. The number of β-amino-alcohol motifs (C(OH)–C–C–N with tert-alkyl or cyclic N) is 1. The average molecular weight is 544 g/mol. The number of halogens is 1. The first-order valence-corrected chi connectivity index (χ1v) is 12.9. The Balaban J connectivity index is 1.44. The summed E-state index contributed by atoms with van der Waals surface area (Å²) in [6.45, 7) is 8.87. The van der Waals surface area contributed by atoms with Gasteiger partial charge in [0.25, 0.3) is 0 Å². The standard InChI is InChI=1S/C29H30FN7O3/c1-3-27(40)32-20-5-4-6-22(16-20)37-19(2)15-26(39)23-18-31-29(34-28(23)37)33-21-7-8-25(24(30)17-21)36-11-9-35(10-12-36)13-14-38/h3-8,15-18,38H,1,9-14H2,2H3,(H,32,40)(H,31,33,34). The van der Waals surface area contributed by atoms with Crippen molar-refractivity contribution in [1.29, 1.82) is 0 Å². The van der Waals surface area contributed by atoms with Gasteiger partial charge in [0.05, 0.1) is 17.7 Å². The largest absolute Gasteiger partial charge is 0.395 e. The van der Waals surface area contributed by atoms with Gasteiger partial charge in [0.1, 0.15) is 5.82 Å². The normalized spacial score (nSPS) is 13.8. The molecule has 0 saturated carbocycles. The minimum absolute atomic E-state index is 0.113. The second-order valence-electron chi connectivity index (χ2n) is 9.50. The Labute approximate surface area is 230 Å². The second-order valence-corrected chi connectivity index (χ2v) is 9.50. The van der Waals surface area contributed by atoms with Crippen molar-refractivity contribution < 1.29 is 14.3 Å². The van der Waals surface area contributed by atoms with Gasteiger partial charge in [0, 0.05) is 67.7 Å². The van der Waals surface area contributed by atoms with E-state index in [0.717, 1.165) is 13.1 Å². The zero-order valence-electron chi connectivity index (χ0n) is 22.1. The second kappa shape index (κ2) is 11.6. The molecule has 2 aromatic heterocycles. The number of amides is 1. The summed E-state index contributed by atoms with van der Waals surface area (Å²) >= 11 is 0. The van der Waals surface area contributed by atoms with Crippen LogP contribution in [0, 0.1) is 12.7 Å². The lowest BCUT2D eigenvalue weighted by Gasteiger charge is -2.36. The van der Waals surface area contributed by atoms with E-state index in [1.165, 1.54) is 24.4 Å². The summed E-state index contributed by atoms with van der Waals surface area (Å²) in [6, 6.07) is 13.5. The summed E-state index contributed by atoms with van der Waals surface area (Å²) in [5.74, 6) is -0.505. The quantitative estimate of drug-likeness (QED) is 0.290. The van der Waals surface area contributed by atoms with Crippen LogP contribution in [0.5, 0.6) is 0 Å². The molecular formula is C29H30FN7O3. The fourth-order valence-corrected chi connectivity index (χ4v) is 4.84. The Morgan fingerprint density at radius 2 is 1.93 bits per heavy atom. The zero-order valence-corrected chi connectivity index (χ0v) is 22.1. The molecule has 3 heterocycles. The van der Waals surface area contributed by atoms with Crippen molar-refractivity contribution in [2.75, 3.05) is 54.9 Å². The molecule has 0 unspecified atom stereocenters. The number of nitrogens with zero attached hydrogens (tertiary/aromatic N) is 5. The van der Waals surface area contributed by atoms with E-state index in [2.05, 4.69) is 32.1 Å². The highest BCUT2D eigenvalue weighted by atomic mass is 19.1. The third kappa shape index (κ3) is 5.70. The number of hydrogen-bond donors (Lipinski definition) is 3. The summed E-state index contributed by atoms with van der Waals surface area (Å²) in [7, 11) is 0. The number of anilines is 4. The van der Waals surface area contributed by atoms with Gasteiger partial charge < -0.3 is 20.6 Å². The van der Waals surface area contributed by atoms with E-state index in [-0.39, 0.29) is 29.7 Å². The van der Waals surface area contributed by atoms with Crippen molar-refractivity contribution in [1.82, 2.24) is 19.4 Å². The molecule has 1 saturated heterocycles. The van der Waals surface area contributed by atoms with Crippen LogP contribution in [0.4, 0.5) is 27.4 Å². The molecule has 11 heteroatoms. The van der Waals surface area contributed by atoms with Gasteiger partial charge in [-0.3, -0.25) is 19.1 Å². The van der Waals surface area contributed by atoms with Crippen LogP contribution in [0.3, 0.4) is 0 Å². The summed E-state index contributed by atoms with van der Waals surface area (Å²) in [6.07, 6.45) is 2.63. The van der Waals surface area contributed by atoms with Crippen molar-refractivity contribution in [3.8, 4) is 5.69 Å². The van der Waals surface area contributed by atoms with Gasteiger partial charge in [-0.05, 0) is 49.4 Å². The minimum Gasteiger partial charge on any atom is -0.395 e. The van der Waals surface area contributed by atoms with Gasteiger partial charge in [-0.15, -0.1) is 0 Å². The Hall–Kier alpha value is -4.61. The van der Waals surface area contributed by atoms with Crippen LogP contribution in [0.15, 0.2) is 72.2 Å². The number of aliphatic hydroxyl groups is 1. The molecule has 206 valence electrons. The number of pyridine rings is 1. The van der Waals surface area contributed by atoms with Gasteiger partial charge in [0.2, 0.25) is 11.9 Å². The number of carbonyl (C=O) groups is 1. The molecule has 3 N–H and O–H groups in total. The summed E-state index contributed by atoms with van der Waals surface area (Å²) in [4.78, 5) is 37.6. The van der Waals surface area contributed by atoms with Crippen LogP contribution in [0.25, 0.3) is 16.7 Å². The number of piperazine rings is 1. The first-order chi connectivity index (χ1) is 19.4. The van der Waals surface area contributed by atoms with E-state index in [9.17, 15) is 9.59 Å². The number of aliphatic hydroxyl groups excluding tert-OH is 1. The van der Waals surface area contributed by atoms with Crippen molar-refractivity contribution in [2.24, 2.45) is 0 Å². The Morgan fingerprint density at radius 3 is 2.65 bits per heavy atom. The van der Waals surface area contributed by atoms with Gasteiger partial charge >= 0.3 is 0 Å². The van der Waals surface area contributed by atoms with Crippen molar-refractivity contribution >= 4 is 40.0 Å². The molecule has 5 rings (SSSR count). The van der Waals surface area contributed by atoms with E-state index >= 15 is 4.39 Å². The third-order valence-corrected chi connectivity index (χ3v) is 6.83. The topological polar surface area (TPSA) is 116 Å². The van der Waals surface area contributed by atoms with E-state index in [1.54, 1.807) is 41.8 Å². The minimum atomic E-state index is -0.368. The van der Waals surface area contributed by atoms with Crippen LogP contribution >= 0.6 is 0 Å². The zero-order chi connectivity index (χ0) is 28.2. The number of aryl methyl sites for hydroxylation is 1. The maximum Gasteiger partial charge on any atom is 0.247 e. The van der Waals surface area contributed by atoms with Crippen LogP contribution in [0.1, 0.15) is 5.69 Å². The SMILES string of the molecule is C=CC(=O)Nc1cccc(-n2c(C)cc(=O)c3cnc(Nc4ccc(N5CCN(CCO)CC5)c(F)c4)nc32)c1. The predicted molar refractivity (Wildman–Crippen MR) is 154 cm³/mol. The molecule has 0 bridgehead atoms. The molecule has 1 amide bonds. The Kier molecular flexibility index (Phi) is 7.85. The molecule has 4 aromatic rings. The summed E-state index contributed by atoms with van der Waals surface area (Å²) < 4.78 is 16.9. The van der Waals surface area contributed by atoms with Crippen LogP contribution in [0.2, 0.25) is 0 Å². The number of aromatic nitrogens is 3. The molecule has 40 heavy (non-hydrogen) atoms. The van der Waals surface area contributed by atoms with Crippen molar-refractivity contribution in [3.63, 3.8) is 0 Å². The molecule has 10 nitrogen and oxygen atoms in total. The predicted octanol–water partition coefficient (Wildman–Crippen LogP) is 3.21. The lowest BCUT2D eigenvalue weighted by molar-refractivity contribution is -0.111. The molecule has 0 aliphatic carbocycles. The molecule has 0 radical (unpaired) electrons. The van der Waals surface area contributed by atoms with E-state index in [0.29, 0.717) is 59.1 Å². The molecule has 0 spiro atoms. The summed E-state index contributed by atoms with van der Waals surface area (Å²) in [5.41, 5.74) is 3.02. The number of hydrogen-bond acceptors (Lipinski definition) is 8. The Bertz CT molecular complexity index is 1630. The highest BCUT2D eigenvalue weighted by Crippen LogP contribution is 2.26. The van der Waals surface area contributed by atoms with Crippen LogP contribution in [-0.4, -0.2) is 69.8 Å². The lowest BCUT2D eigenvalue weighted by atomic mass is 10.2. The number of fused-ring (bicyclic) bond motifs is 1. The van der Waals surface area contributed by atoms with Gasteiger partial charge in [0.15, 0.2) is 11.1 Å². The average Bonchev–Trinajstić information content (AvgIpc) is 2.94. The van der Waals surface area contributed by atoms with Crippen LogP contribution < -0.4 is 21.0 Å². The maximum atomic E-state index is 15.1. The monoisotopic (exact) mass is 543 g/mol. The van der Waals surface area contributed by atoms with E-state index in [4.69, 9.17) is 5.11 Å². The highest BCUT2D eigenvalue weighted by molar-refractivity contribution is 5.99. The van der Waals surface area contributed by atoms with E-state index < -0.39 is 0 Å². The first kappa shape index (κ1) is 27.0. The molecule has 2 aromatic carbocycles. The molecule has 1 aliphatic heterocycles. The van der Waals surface area contributed by atoms with E-state index in [1.807, 2.05) is 11.0 Å². The number of carbonyl (C=O) groups excluding carboxylic acids is 1. The van der Waals surface area contributed by atoms with Crippen molar-refractivity contribution in [3.05, 3.63) is 89.1 Å². The number of nitrogens with one attached hydrogen (secondary N) is 2. The highest BCUT2D eigenvalue weighted by Gasteiger charge is 2.20. The molecule has 1 fully saturated rings. The van der Waals surface area contributed by atoms with Crippen LogP contribution in [-0.2, 0) is 4.79 Å². The fraction of sp³-hybridized carbons (Fsp3) is 0.241. The van der Waals surface area contributed by atoms with Gasteiger partial charge in [-0.2, -0.15) is 4.98 Å². The smallest absolute Gasteiger partial charge is 0.247 e. The first-order valence-electron chi connectivity index (χ1n) is 12.9. The molecule has 1 aliphatic rings. The Morgan fingerprint density at radius 1 is 1.12 bits per heavy atom. The van der Waals surface area contributed by atoms with Gasteiger partial charge in [-0.25, -0.2) is 9.37 Å². The van der Waals surface area contributed by atoms with Crippen molar-refractivity contribution in [2.45, 2.75) is 6.92 Å². The summed E-state index contributed by atoms with van der Waals surface area (Å²) in [5, 5.41) is 15.2. The number of rotatable bonds is 8. The number of benzene rings is 2. The van der Waals surface area contributed by atoms with Gasteiger partial charge in [-0.1, -0.05) is 12.6 Å². The third-order valence-electron chi connectivity index (χ3n) is 6.83. The molecule has 0 atom stereocenters.